The smallest absolute Gasteiger partial charge is 0.303 e. The Balaban J connectivity index is 4.70. The second-order valence-corrected chi connectivity index (χ2v) is 5.64. The Kier molecular flexibility index (Phi) is 12.5. The minimum Gasteiger partial charge on any atom is -0.458 e. The van der Waals surface area contributed by atoms with Gasteiger partial charge in [0.1, 0.15) is 6.10 Å². The van der Waals surface area contributed by atoms with E-state index >= 15 is 0 Å². The molecule has 4 heteroatoms. The van der Waals surface area contributed by atoms with E-state index in [0.29, 0.717) is 6.42 Å². The molecule has 0 fully saturated rings. The van der Waals surface area contributed by atoms with E-state index in [1.54, 1.807) is 0 Å². The Morgan fingerprint density at radius 1 is 0.909 bits per heavy atom. The average Bonchev–Trinajstić information content (AvgIpc) is 2.44. The van der Waals surface area contributed by atoms with Gasteiger partial charge in [0.15, 0.2) is 6.10 Å². The molecular formula is C18H32O4. The van der Waals surface area contributed by atoms with Crippen LogP contribution in [0.4, 0.5) is 0 Å². The Labute approximate surface area is 135 Å². The van der Waals surface area contributed by atoms with Crippen LogP contribution in [-0.4, -0.2) is 24.1 Å². The van der Waals surface area contributed by atoms with Crippen LogP contribution in [0.5, 0.6) is 0 Å². The lowest BCUT2D eigenvalue weighted by molar-refractivity contribution is -0.162. The highest BCUT2D eigenvalue weighted by Gasteiger charge is 2.24. The second kappa shape index (κ2) is 13.4. The van der Waals surface area contributed by atoms with Crippen molar-refractivity contribution in [2.24, 2.45) is 0 Å². The monoisotopic (exact) mass is 312 g/mol. The first-order chi connectivity index (χ1) is 10.5. The zero-order valence-corrected chi connectivity index (χ0v) is 14.6. The molecule has 0 heterocycles. The molecule has 0 aliphatic rings. The van der Waals surface area contributed by atoms with Crippen molar-refractivity contribution < 1.29 is 19.1 Å². The summed E-state index contributed by atoms with van der Waals surface area (Å²) in [7, 11) is 0. The van der Waals surface area contributed by atoms with E-state index in [9.17, 15) is 9.59 Å². The van der Waals surface area contributed by atoms with Crippen LogP contribution in [0.1, 0.15) is 79.1 Å². The summed E-state index contributed by atoms with van der Waals surface area (Å²) in [6, 6.07) is 0. The van der Waals surface area contributed by atoms with Gasteiger partial charge in [0.2, 0.25) is 0 Å². The molecule has 4 nitrogen and oxygen atoms in total. The number of esters is 2. The molecule has 0 radical (unpaired) electrons. The number of hydrogen-bond donors (Lipinski definition) is 0. The van der Waals surface area contributed by atoms with Crippen LogP contribution in [0, 0.1) is 0 Å². The Morgan fingerprint density at radius 3 is 2.05 bits per heavy atom. The van der Waals surface area contributed by atoms with E-state index in [2.05, 4.69) is 13.8 Å². The molecule has 0 unspecified atom stereocenters. The molecule has 0 aromatic carbocycles. The maximum Gasteiger partial charge on any atom is 0.303 e. The number of hydrogen-bond acceptors (Lipinski definition) is 4. The lowest BCUT2D eigenvalue weighted by atomic mass is 10.0. The molecule has 2 atom stereocenters. The summed E-state index contributed by atoms with van der Waals surface area (Å²) in [5.74, 6) is -0.686. The molecule has 0 saturated carbocycles. The SMILES string of the molecule is CCCCC/C=C\[C@@H](OC(C)=O)[C@@H](CCCCC)OC(C)=O. The van der Waals surface area contributed by atoms with Crippen molar-refractivity contribution in [1.82, 2.24) is 0 Å². The first kappa shape index (κ1) is 20.7. The van der Waals surface area contributed by atoms with Gasteiger partial charge in [-0.25, -0.2) is 0 Å². The number of carbonyl (C=O) groups is 2. The Morgan fingerprint density at radius 2 is 1.50 bits per heavy atom. The summed E-state index contributed by atoms with van der Waals surface area (Å²) in [5.41, 5.74) is 0. The quantitative estimate of drug-likeness (QED) is 0.301. The zero-order chi connectivity index (χ0) is 16.8. The van der Waals surface area contributed by atoms with Gasteiger partial charge >= 0.3 is 11.9 Å². The van der Waals surface area contributed by atoms with Gasteiger partial charge in [-0.3, -0.25) is 9.59 Å². The molecule has 0 aromatic rings. The lowest BCUT2D eigenvalue weighted by Crippen LogP contribution is -2.33. The number of ether oxygens (including phenoxy) is 2. The number of unbranched alkanes of at least 4 members (excludes halogenated alkanes) is 5. The third-order valence-electron chi connectivity index (χ3n) is 3.38. The van der Waals surface area contributed by atoms with Crippen molar-refractivity contribution >= 4 is 11.9 Å². The largest absolute Gasteiger partial charge is 0.458 e. The summed E-state index contributed by atoms with van der Waals surface area (Å²) in [6.45, 7) is 7.06. The first-order valence-corrected chi connectivity index (χ1v) is 8.52. The van der Waals surface area contributed by atoms with Crippen LogP contribution < -0.4 is 0 Å². The Hall–Kier alpha value is -1.32. The van der Waals surface area contributed by atoms with Gasteiger partial charge < -0.3 is 9.47 Å². The van der Waals surface area contributed by atoms with E-state index in [0.717, 1.165) is 32.1 Å². The standard InChI is InChI=1S/C18H32O4/c1-5-7-9-10-12-14-18(22-16(4)20)17(21-15(3)19)13-11-8-6-2/h12,14,17-18H,5-11,13H2,1-4H3/b14-12-/t17-,18-/m1/s1. The number of allylic oxidation sites excluding steroid dienone is 1. The lowest BCUT2D eigenvalue weighted by Gasteiger charge is -2.24. The normalized spacial score (nSPS) is 13.8. The predicted molar refractivity (Wildman–Crippen MR) is 88.5 cm³/mol. The topological polar surface area (TPSA) is 52.6 Å². The third kappa shape index (κ3) is 11.4. The molecular weight excluding hydrogens is 280 g/mol. The van der Waals surface area contributed by atoms with Gasteiger partial charge in [-0.1, -0.05) is 45.6 Å². The van der Waals surface area contributed by atoms with E-state index in [-0.39, 0.29) is 11.9 Å². The minimum atomic E-state index is -0.486. The molecule has 0 bridgehead atoms. The predicted octanol–water partition coefficient (Wildman–Crippen LogP) is 4.57. The molecule has 0 aromatic heterocycles. The van der Waals surface area contributed by atoms with Crippen molar-refractivity contribution in [3.8, 4) is 0 Å². The van der Waals surface area contributed by atoms with Crippen molar-refractivity contribution in [1.29, 1.82) is 0 Å². The van der Waals surface area contributed by atoms with Crippen LogP contribution in [-0.2, 0) is 19.1 Å². The van der Waals surface area contributed by atoms with E-state index in [1.165, 1.54) is 26.7 Å². The number of carbonyl (C=O) groups excluding carboxylic acids is 2. The molecule has 0 aliphatic heterocycles. The van der Waals surface area contributed by atoms with E-state index in [4.69, 9.17) is 9.47 Å². The molecule has 0 aliphatic carbocycles. The number of rotatable bonds is 12. The fourth-order valence-corrected chi connectivity index (χ4v) is 2.27. The van der Waals surface area contributed by atoms with Gasteiger partial charge in [-0.15, -0.1) is 0 Å². The highest BCUT2D eigenvalue weighted by molar-refractivity contribution is 5.67. The molecule has 128 valence electrons. The highest BCUT2D eigenvalue weighted by atomic mass is 16.6. The minimum absolute atomic E-state index is 0.335. The summed E-state index contributed by atoms with van der Waals surface area (Å²) in [5, 5.41) is 0. The maximum absolute atomic E-state index is 11.3. The molecule has 0 N–H and O–H groups in total. The highest BCUT2D eigenvalue weighted by Crippen LogP contribution is 2.16. The van der Waals surface area contributed by atoms with Crippen molar-refractivity contribution in [3.05, 3.63) is 12.2 Å². The maximum atomic E-state index is 11.3. The molecule has 0 saturated heterocycles. The molecule has 22 heavy (non-hydrogen) atoms. The molecule has 0 rings (SSSR count). The van der Waals surface area contributed by atoms with E-state index in [1.807, 2.05) is 12.2 Å². The van der Waals surface area contributed by atoms with Crippen LogP contribution in [0.15, 0.2) is 12.2 Å². The summed E-state index contributed by atoms with van der Waals surface area (Å²) < 4.78 is 10.7. The zero-order valence-electron chi connectivity index (χ0n) is 14.6. The Bertz CT molecular complexity index is 336. The van der Waals surface area contributed by atoms with Gasteiger partial charge in [-0.2, -0.15) is 0 Å². The van der Waals surface area contributed by atoms with Crippen molar-refractivity contribution in [3.63, 3.8) is 0 Å². The van der Waals surface area contributed by atoms with Gasteiger partial charge in [-0.05, 0) is 31.8 Å². The second-order valence-electron chi connectivity index (χ2n) is 5.64. The molecule has 0 amide bonds. The fourth-order valence-electron chi connectivity index (χ4n) is 2.27. The van der Waals surface area contributed by atoms with Crippen molar-refractivity contribution in [2.75, 3.05) is 0 Å². The van der Waals surface area contributed by atoms with Crippen LogP contribution in [0.2, 0.25) is 0 Å². The first-order valence-electron chi connectivity index (χ1n) is 8.52. The van der Waals surface area contributed by atoms with Gasteiger partial charge in [0, 0.05) is 13.8 Å². The van der Waals surface area contributed by atoms with Crippen LogP contribution in [0.25, 0.3) is 0 Å². The summed E-state index contributed by atoms with van der Waals surface area (Å²) in [6.07, 6.45) is 11.3. The van der Waals surface area contributed by atoms with Crippen LogP contribution >= 0.6 is 0 Å². The van der Waals surface area contributed by atoms with E-state index < -0.39 is 12.2 Å². The summed E-state index contributed by atoms with van der Waals surface area (Å²) >= 11 is 0. The van der Waals surface area contributed by atoms with Crippen LogP contribution in [0.3, 0.4) is 0 Å². The third-order valence-corrected chi connectivity index (χ3v) is 3.38. The van der Waals surface area contributed by atoms with Crippen molar-refractivity contribution in [2.45, 2.75) is 91.3 Å². The molecule has 0 spiro atoms. The summed E-state index contributed by atoms with van der Waals surface area (Å²) in [4.78, 5) is 22.6. The van der Waals surface area contributed by atoms with Gasteiger partial charge in [0.25, 0.3) is 0 Å². The van der Waals surface area contributed by atoms with Gasteiger partial charge in [0.05, 0.1) is 0 Å². The fraction of sp³-hybridized carbons (Fsp3) is 0.778. The average molecular weight is 312 g/mol.